The van der Waals surface area contributed by atoms with Crippen molar-refractivity contribution < 1.29 is 9.90 Å². The highest BCUT2D eigenvalue weighted by Gasteiger charge is 2.53. The second-order valence-electron chi connectivity index (χ2n) is 7.97. The fraction of sp³-hybridized carbons (Fsp3) is 0.524. The molecule has 1 spiro atoms. The van der Waals surface area contributed by atoms with Gasteiger partial charge in [-0.2, -0.15) is 5.10 Å². The first-order valence-electron chi connectivity index (χ1n) is 9.73. The number of aromatic nitrogens is 2. The minimum Gasteiger partial charge on any atom is -0.390 e. The van der Waals surface area contributed by atoms with Gasteiger partial charge in [0, 0.05) is 31.2 Å². The van der Waals surface area contributed by atoms with Crippen molar-refractivity contribution in [2.24, 2.45) is 0 Å². The molecule has 1 aromatic carbocycles. The minimum atomic E-state index is -0.454. The molecule has 1 N–H and O–H groups in total. The quantitative estimate of drug-likeness (QED) is 0.901. The molecule has 0 unspecified atom stereocenters. The molecule has 6 heteroatoms. The first-order chi connectivity index (χ1) is 13.0. The predicted molar refractivity (Wildman–Crippen MR) is 104 cm³/mol. The Hall–Kier alpha value is -2.18. The maximum absolute atomic E-state index is 12.8. The van der Waals surface area contributed by atoms with Crippen LogP contribution in [0.2, 0.25) is 0 Å². The average Bonchev–Trinajstić information content (AvgIpc) is 3.25. The number of aliphatic hydroxyl groups is 1. The van der Waals surface area contributed by atoms with Crippen LogP contribution in [0.25, 0.3) is 0 Å². The van der Waals surface area contributed by atoms with E-state index in [0.717, 1.165) is 19.4 Å². The van der Waals surface area contributed by atoms with E-state index in [-0.39, 0.29) is 17.4 Å². The highest BCUT2D eigenvalue weighted by Crippen LogP contribution is 2.52. The third-order valence-corrected chi connectivity index (χ3v) is 6.38. The first-order valence-corrected chi connectivity index (χ1v) is 9.73. The van der Waals surface area contributed by atoms with Gasteiger partial charge in [0.25, 0.3) is 5.91 Å². The summed E-state index contributed by atoms with van der Waals surface area (Å²) in [6.45, 7) is 4.07. The first kappa shape index (κ1) is 18.2. The number of likely N-dealkylation sites (tertiary alicyclic amines) is 1. The van der Waals surface area contributed by atoms with Crippen molar-refractivity contribution in [3.05, 3.63) is 53.3 Å². The second kappa shape index (κ2) is 6.77. The van der Waals surface area contributed by atoms with Gasteiger partial charge >= 0.3 is 0 Å². The summed E-state index contributed by atoms with van der Waals surface area (Å²) in [5.41, 5.74) is 2.85. The number of carbonyl (C=O) groups is 1. The number of rotatable bonds is 3. The molecule has 0 radical (unpaired) electrons. The van der Waals surface area contributed by atoms with Crippen LogP contribution in [0.4, 0.5) is 0 Å². The number of fused-ring (bicyclic) bond motifs is 2. The van der Waals surface area contributed by atoms with Crippen LogP contribution in [-0.2, 0) is 12.0 Å². The van der Waals surface area contributed by atoms with Gasteiger partial charge in [-0.15, -0.1) is 0 Å². The Bertz CT molecular complexity index is 836. The van der Waals surface area contributed by atoms with Gasteiger partial charge in [-0.1, -0.05) is 24.3 Å². The van der Waals surface area contributed by atoms with Gasteiger partial charge < -0.3 is 14.9 Å². The summed E-state index contributed by atoms with van der Waals surface area (Å²) in [4.78, 5) is 16.8. The lowest BCUT2D eigenvalue weighted by atomic mass is 9.72. The van der Waals surface area contributed by atoms with Gasteiger partial charge in [-0.25, -0.2) is 0 Å². The van der Waals surface area contributed by atoms with Gasteiger partial charge in [0.1, 0.15) is 0 Å². The summed E-state index contributed by atoms with van der Waals surface area (Å²) in [7, 11) is 4.04. The molecule has 0 bridgehead atoms. The highest BCUT2D eigenvalue weighted by atomic mass is 16.3. The lowest BCUT2D eigenvalue weighted by Crippen LogP contribution is -2.50. The molecular weight excluding hydrogens is 340 g/mol. The third-order valence-electron chi connectivity index (χ3n) is 6.38. The lowest BCUT2D eigenvalue weighted by molar-refractivity contribution is -0.00144. The molecule has 1 amide bonds. The summed E-state index contributed by atoms with van der Waals surface area (Å²) in [6.07, 6.45) is 4.57. The van der Waals surface area contributed by atoms with Gasteiger partial charge in [-0.3, -0.25) is 9.48 Å². The van der Waals surface area contributed by atoms with Gasteiger partial charge in [0.15, 0.2) is 0 Å². The number of piperidine rings is 1. The van der Waals surface area contributed by atoms with E-state index < -0.39 is 6.10 Å². The van der Waals surface area contributed by atoms with Crippen LogP contribution in [0.1, 0.15) is 47.3 Å². The molecule has 2 aromatic rings. The standard InChI is InChI=1S/C21H28N4O2/c1-4-25-14-15(13-22-25)20(27)24-11-9-21(10-12-24)17-8-6-5-7-16(17)18(19(21)26)23(2)3/h5-8,13-14,18-19,26H,4,9-12H2,1-3H3/t18-,19+/m0/s1. The topological polar surface area (TPSA) is 61.6 Å². The molecular formula is C21H28N4O2. The molecule has 1 aromatic heterocycles. The minimum absolute atomic E-state index is 0.00578. The smallest absolute Gasteiger partial charge is 0.257 e. The van der Waals surface area contributed by atoms with E-state index in [9.17, 15) is 9.90 Å². The van der Waals surface area contributed by atoms with E-state index in [0.29, 0.717) is 18.7 Å². The monoisotopic (exact) mass is 368 g/mol. The SMILES string of the molecule is CCn1cc(C(=O)N2CCC3(CC2)c2ccccc2[C@H](N(C)C)[C@H]3O)cn1. The second-order valence-corrected chi connectivity index (χ2v) is 7.97. The molecule has 1 saturated heterocycles. The van der Waals surface area contributed by atoms with Crippen LogP contribution in [0, 0.1) is 0 Å². The lowest BCUT2D eigenvalue weighted by Gasteiger charge is -2.43. The Morgan fingerprint density at radius 2 is 2.00 bits per heavy atom. The highest BCUT2D eigenvalue weighted by molar-refractivity contribution is 5.93. The van der Waals surface area contributed by atoms with Crippen molar-refractivity contribution in [2.75, 3.05) is 27.2 Å². The fourth-order valence-electron chi connectivity index (χ4n) is 4.90. The molecule has 1 fully saturated rings. The zero-order valence-electron chi connectivity index (χ0n) is 16.3. The maximum Gasteiger partial charge on any atom is 0.257 e. The van der Waals surface area contributed by atoms with Crippen LogP contribution in [0.5, 0.6) is 0 Å². The zero-order valence-corrected chi connectivity index (χ0v) is 16.3. The van der Waals surface area contributed by atoms with E-state index >= 15 is 0 Å². The van der Waals surface area contributed by atoms with Crippen molar-refractivity contribution in [3.8, 4) is 0 Å². The van der Waals surface area contributed by atoms with E-state index in [1.54, 1.807) is 10.9 Å². The number of aryl methyl sites for hydroxylation is 1. The molecule has 27 heavy (non-hydrogen) atoms. The molecule has 1 aliphatic carbocycles. The number of likely N-dealkylation sites (N-methyl/N-ethyl adjacent to an activating group) is 1. The molecule has 0 saturated carbocycles. The molecule has 2 atom stereocenters. The van der Waals surface area contributed by atoms with Crippen molar-refractivity contribution >= 4 is 5.91 Å². The van der Waals surface area contributed by atoms with E-state index in [2.05, 4.69) is 28.2 Å². The van der Waals surface area contributed by atoms with Crippen molar-refractivity contribution in [1.29, 1.82) is 0 Å². The van der Waals surface area contributed by atoms with E-state index in [1.807, 2.05) is 38.2 Å². The van der Waals surface area contributed by atoms with Gasteiger partial charge in [-0.05, 0) is 45.0 Å². The van der Waals surface area contributed by atoms with Crippen molar-refractivity contribution in [3.63, 3.8) is 0 Å². The summed E-state index contributed by atoms with van der Waals surface area (Å²) in [6, 6.07) is 8.40. The van der Waals surface area contributed by atoms with Gasteiger partial charge in [0.05, 0.1) is 23.9 Å². The summed E-state index contributed by atoms with van der Waals surface area (Å²) < 4.78 is 1.78. The number of carbonyl (C=O) groups excluding carboxylic acids is 1. The molecule has 1 aliphatic heterocycles. The Kier molecular flexibility index (Phi) is 4.56. The average molecular weight is 368 g/mol. The van der Waals surface area contributed by atoms with Crippen LogP contribution in [-0.4, -0.2) is 63.9 Å². The maximum atomic E-state index is 12.8. The molecule has 2 heterocycles. The van der Waals surface area contributed by atoms with E-state index in [4.69, 9.17) is 0 Å². The third kappa shape index (κ3) is 2.78. The number of hydrogen-bond donors (Lipinski definition) is 1. The Labute approximate surface area is 160 Å². The summed E-state index contributed by atoms with van der Waals surface area (Å²) >= 11 is 0. The van der Waals surface area contributed by atoms with Crippen molar-refractivity contribution in [2.45, 2.75) is 43.9 Å². The number of hydrogen-bond acceptors (Lipinski definition) is 4. The van der Waals surface area contributed by atoms with Crippen LogP contribution < -0.4 is 0 Å². The summed E-state index contributed by atoms with van der Waals surface area (Å²) in [5, 5.41) is 15.5. The fourth-order valence-corrected chi connectivity index (χ4v) is 4.90. The Morgan fingerprint density at radius 1 is 1.30 bits per heavy atom. The Balaban J connectivity index is 1.57. The van der Waals surface area contributed by atoms with E-state index in [1.165, 1.54) is 11.1 Å². The number of amides is 1. The van der Waals surface area contributed by atoms with Gasteiger partial charge in [0.2, 0.25) is 0 Å². The normalized spacial score (nSPS) is 23.8. The Morgan fingerprint density at radius 3 is 2.63 bits per heavy atom. The molecule has 4 rings (SSSR count). The molecule has 2 aliphatic rings. The number of nitrogens with zero attached hydrogens (tertiary/aromatic N) is 4. The number of aliphatic hydroxyl groups excluding tert-OH is 1. The molecule has 6 nitrogen and oxygen atoms in total. The summed E-state index contributed by atoms with van der Waals surface area (Å²) in [5.74, 6) is 0.0366. The largest absolute Gasteiger partial charge is 0.390 e. The van der Waals surface area contributed by atoms with Crippen molar-refractivity contribution in [1.82, 2.24) is 19.6 Å². The zero-order chi connectivity index (χ0) is 19.2. The number of benzene rings is 1. The van der Waals surface area contributed by atoms with Crippen LogP contribution in [0.15, 0.2) is 36.7 Å². The predicted octanol–water partition coefficient (Wildman–Crippen LogP) is 2.05. The molecule has 144 valence electrons. The van der Waals surface area contributed by atoms with Crippen LogP contribution >= 0.6 is 0 Å². The van der Waals surface area contributed by atoms with Crippen LogP contribution in [0.3, 0.4) is 0 Å².